The second-order valence-electron chi connectivity index (χ2n) is 6.17. The first kappa shape index (κ1) is 16.1. The molecule has 21 heavy (non-hydrogen) atoms. The van der Waals surface area contributed by atoms with Gasteiger partial charge >= 0.3 is 0 Å². The van der Waals surface area contributed by atoms with E-state index in [2.05, 4.69) is 61.0 Å². The van der Waals surface area contributed by atoms with Gasteiger partial charge in [0, 0.05) is 12.1 Å². The van der Waals surface area contributed by atoms with Crippen molar-refractivity contribution in [3.05, 3.63) is 63.6 Å². The van der Waals surface area contributed by atoms with Gasteiger partial charge in [-0.3, -0.25) is 0 Å². The summed E-state index contributed by atoms with van der Waals surface area (Å²) in [5, 5.41) is 0. The zero-order valence-electron chi connectivity index (χ0n) is 12.8. The van der Waals surface area contributed by atoms with E-state index >= 15 is 0 Å². The predicted molar refractivity (Wildman–Crippen MR) is 91.5 cm³/mol. The van der Waals surface area contributed by atoms with Crippen LogP contribution < -0.4 is 10.5 Å². The van der Waals surface area contributed by atoms with Gasteiger partial charge in [-0.05, 0) is 38.5 Å². The molecule has 0 saturated carbocycles. The molecule has 0 bridgehead atoms. The van der Waals surface area contributed by atoms with Crippen LogP contribution in [-0.4, -0.2) is 0 Å². The molecule has 0 spiro atoms. The van der Waals surface area contributed by atoms with Crippen molar-refractivity contribution < 1.29 is 4.74 Å². The van der Waals surface area contributed by atoms with Gasteiger partial charge in [-0.1, -0.05) is 57.2 Å². The highest BCUT2D eigenvalue weighted by Gasteiger charge is 2.13. The summed E-state index contributed by atoms with van der Waals surface area (Å²) in [5.41, 5.74) is 9.42. The van der Waals surface area contributed by atoms with E-state index in [9.17, 15) is 0 Å². The highest BCUT2D eigenvalue weighted by molar-refractivity contribution is 9.10. The van der Waals surface area contributed by atoms with Crippen LogP contribution in [0.2, 0.25) is 0 Å². The van der Waals surface area contributed by atoms with Crippen LogP contribution in [0, 0.1) is 0 Å². The number of hydrogen-bond acceptors (Lipinski definition) is 2. The van der Waals surface area contributed by atoms with Gasteiger partial charge in [0.05, 0.1) is 4.47 Å². The van der Waals surface area contributed by atoms with Crippen molar-refractivity contribution >= 4 is 15.9 Å². The molecule has 0 unspecified atom stereocenters. The van der Waals surface area contributed by atoms with Gasteiger partial charge in [0.15, 0.2) is 0 Å². The fourth-order valence-corrected chi connectivity index (χ4v) is 2.65. The average Bonchev–Trinajstić information content (AvgIpc) is 2.45. The van der Waals surface area contributed by atoms with Crippen LogP contribution in [0.1, 0.15) is 37.5 Å². The summed E-state index contributed by atoms with van der Waals surface area (Å²) in [7, 11) is 0. The third-order valence-corrected chi connectivity index (χ3v) is 4.10. The second-order valence-corrected chi connectivity index (χ2v) is 7.02. The molecule has 0 aliphatic rings. The molecule has 2 N–H and O–H groups in total. The molecule has 2 rings (SSSR count). The van der Waals surface area contributed by atoms with Gasteiger partial charge in [0.25, 0.3) is 0 Å². The van der Waals surface area contributed by atoms with Crippen LogP contribution >= 0.6 is 15.9 Å². The SMILES string of the molecule is CC(C)(C)c1ccc(COc2c(Br)cccc2CN)cc1. The molecule has 112 valence electrons. The first-order chi connectivity index (χ1) is 9.91. The van der Waals surface area contributed by atoms with E-state index in [0.29, 0.717) is 13.2 Å². The molecule has 0 aromatic heterocycles. The molecule has 2 aromatic rings. The fraction of sp³-hybridized carbons (Fsp3) is 0.333. The van der Waals surface area contributed by atoms with Gasteiger partial charge in [-0.15, -0.1) is 0 Å². The van der Waals surface area contributed by atoms with Crippen molar-refractivity contribution in [2.45, 2.75) is 39.3 Å². The number of benzene rings is 2. The van der Waals surface area contributed by atoms with Crippen LogP contribution in [0.4, 0.5) is 0 Å². The Morgan fingerprint density at radius 2 is 1.71 bits per heavy atom. The third kappa shape index (κ3) is 4.08. The Hall–Kier alpha value is -1.32. The summed E-state index contributed by atoms with van der Waals surface area (Å²) in [5.74, 6) is 0.833. The minimum atomic E-state index is 0.175. The number of halogens is 1. The molecular weight excluding hydrogens is 326 g/mol. The summed E-state index contributed by atoms with van der Waals surface area (Å²) in [6.07, 6.45) is 0. The van der Waals surface area contributed by atoms with Gasteiger partial charge < -0.3 is 10.5 Å². The fourth-order valence-electron chi connectivity index (χ4n) is 2.13. The topological polar surface area (TPSA) is 35.2 Å². The number of ether oxygens (including phenoxy) is 1. The molecule has 0 atom stereocenters. The summed E-state index contributed by atoms with van der Waals surface area (Å²) in [6, 6.07) is 14.5. The summed E-state index contributed by atoms with van der Waals surface area (Å²) < 4.78 is 6.88. The monoisotopic (exact) mass is 347 g/mol. The lowest BCUT2D eigenvalue weighted by atomic mass is 9.87. The van der Waals surface area contributed by atoms with Crippen LogP contribution in [0.25, 0.3) is 0 Å². The number of hydrogen-bond donors (Lipinski definition) is 1. The maximum atomic E-state index is 5.94. The highest BCUT2D eigenvalue weighted by atomic mass is 79.9. The van der Waals surface area contributed by atoms with Gasteiger partial charge in [-0.2, -0.15) is 0 Å². The maximum Gasteiger partial charge on any atom is 0.138 e. The Morgan fingerprint density at radius 3 is 2.29 bits per heavy atom. The molecule has 0 heterocycles. The maximum absolute atomic E-state index is 5.94. The minimum Gasteiger partial charge on any atom is -0.487 e. The molecule has 0 aliphatic heterocycles. The summed E-state index contributed by atoms with van der Waals surface area (Å²) in [4.78, 5) is 0. The van der Waals surface area contributed by atoms with E-state index in [1.165, 1.54) is 5.56 Å². The average molecular weight is 348 g/mol. The minimum absolute atomic E-state index is 0.175. The lowest BCUT2D eigenvalue weighted by Crippen LogP contribution is -2.11. The summed E-state index contributed by atoms with van der Waals surface area (Å²) >= 11 is 3.52. The molecule has 2 aromatic carbocycles. The molecule has 0 saturated heterocycles. The van der Waals surface area contributed by atoms with E-state index in [4.69, 9.17) is 10.5 Å². The van der Waals surface area contributed by atoms with Crippen LogP contribution in [-0.2, 0) is 18.6 Å². The molecule has 0 fully saturated rings. The Labute approximate surface area is 135 Å². The number of nitrogens with two attached hydrogens (primary N) is 1. The van der Waals surface area contributed by atoms with Crippen molar-refractivity contribution in [1.29, 1.82) is 0 Å². The Balaban J connectivity index is 2.10. The molecule has 2 nitrogen and oxygen atoms in total. The van der Waals surface area contributed by atoms with Crippen molar-refractivity contribution in [2.75, 3.05) is 0 Å². The predicted octanol–water partition coefficient (Wildman–Crippen LogP) is 4.78. The van der Waals surface area contributed by atoms with Crippen molar-refractivity contribution in [2.24, 2.45) is 5.73 Å². The zero-order chi connectivity index (χ0) is 15.5. The Morgan fingerprint density at radius 1 is 1.05 bits per heavy atom. The molecule has 0 amide bonds. The quantitative estimate of drug-likeness (QED) is 0.863. The van der Waals surface area contributed by atoms with Gasteiger partial charge in [0.1, 0.15) is 12.4 Å². The first-order valence-corrected chi connectivity index (χ1v) is 7.91. The van der Waals surface area contributed by atoms with Crippen LogP contribution in [0.3, 0.4) is 0 Å². The Kier molecular flexibility index (Phi) is 5.07. The molecule has 3 heteroatoms. The van der Waals surface area contributed by atoms with Crippen molar-refractivity contribution in [3.63, 3.8) is 0 Å². The second kappa shape index (κ2) is 6.63. The largest absolute Gasteiger partial charge is 0.487 e. The smallest absolute Gasteiger partial charge is 0.138 e. The lowest BCUT2D eigenvalue weighted by molar-refractivity contribution is 0.301. The standard InChI is InChI=1S/C18H22BrNO/c1-18(2,3)15-9-7-13(8-10-15)12-21-17-14(11-20)5-4-6-16(17)19/h4-10H,11-12,20H2,1-3H3. The lowest BCUT2D eigenvalue weighted by Gasteiger charge is -2.19. The zero-order valence-corrected chi connectivity index (χ0v) is 14.4. The normalized spacial score (nSPS) is 11.5. The van der Waals surface area contributed by atoms with Crippen LogP contribution in [0.5, 0.6) is 5.75 Å². The van der Waals surface area contributed by atoms with Crippen molar-refractivity contribution in [1.82, 2.24) is 0 Å². The van der Waals surface area contributed by atoms with Gasteiger partial charge in [-0.25, -0.2) is 0 Å². The van der Waals surface area contributed by atoms with Crippen LogP contribution in [0.15, 0.2) is 46.9 Å². The number of rotatable bonds is 4. The molecular formula is C18H22BrNO. The third-order valence-electron chi connectivity index (χ3n) is 3.47. The van der Waals surface area contributed by atoms with E-state index in [1.54, 1.807) is 0 Å². The molecule has 0 radical (unpaired) electrons. The van der Waals surface area contributed by atoms with E-state index < -0.39 is 0 Å². The summed E-state index contributed by atoms with van der Waals surface area (Å²) in [6.45, 7) is 7.66. The highest BCUT2D eigenvalue weighted by Crippen LogP contribution is 2.30. The first-order valence-electron chi connectivity index (χ1n) is 7.11. The van der Waals surface area contributed by atoms with E-state index in [-0.39, 0.29) is 5.41 Å². The van der Waals surface area contributed by atoms with Gasteiger partial charge in [0.2, 0.25) is 0 Å². The van der Waals surface area contributed by atoms with E-state index in [1.807, 2.05) is 18.2 Å². The molecule has 0 aliphatic carbocycles. The van der Waals surface area contributed by atoms with E-state index in [0.717, 1.165) is 21.3 Å². The Bertz CT molecular complexity index is 600. The van der Waals surface area contributed by atoms with Crippen molar-refractivity contribution in [3.8, 4) is 5.75 Å². The number of para-hydroxylation sites is 1.